The van der Waals surface area contributed by atoms with E-state index in [9.17, 15) is 9.59 Å². The molecule has 0 heterocycles. The minimum Gasteiger partial charge on any atom is -0.483 e. The number of halogens is 2. The fourth-order valence-corrected chi connectivity index (χ4v) is 2.17. The van der Waals surface area contributed by atoms with Crippen molar-refractivity contribution in [3.8, 4) is 5.75 Å². The Morgan fingerprint density at radius 1 is 1.09 bits per heavy atom. The Bertz CT molecular complexity index is 716. The van der Waals surface area contributed by atoms with Crippen molar-refractivity contribution in [2.45, 2.75) is 6.92 Å². The highest BCUT2D eigenvalue weighted by Crippen LogP contribution is 2.23. The van der Waals surface area contributed by atoms with E-state index in [0.717, 1.165) is 0 Å². The van der Waals surface area contributed by atoms with Crippen LogP contribution < -0.4 is 10.1 Å². The van der Waals surface area contributed by atoms with E-state index >= 15 is 0 Å². The van der Waals surface area contributed by atoms with E-state index in [-0.39, 0.29) is 18.3 Å². The lowest BCUT2D eigenvalue weighted by Crippen LogP contribution is -2.20. The van der Waals surface area contributed by atoms with Crippen molar-refractivity contribution in [3.05, 3.63) is 58.1 Å². The molecule has 0 bridgehead atoms. The van der Waals surface area contributed by atoms with Gasteiger partial charge in [0.25, 0.3) is 5.91 Å². The van der Waals surface area contributed by atoms with Gasteiger partial charge in [-0.1, -0.05) is 29.3 Å². The lowest BCUT2D eigenvalue weighted by atomic mass is 10.1. The quantitative estimate of drug-likeness (QED) is 0.831. The summed E-state index contributed by atoms with van der Waals surface area (Å²) < 4.78 is 5.39. The van der Waals surface area contributed by atoms with Gasteiger partial charge in [-0.25, -0.2) is 0 Å². The van der Waals surface area contributed by atoms with Crippen molar-refractivity contribution >= 4 is 40.6 Å². The van der Waals surface area contributed by atoms with Crippen LogP contribution in [-0.2, 0) is 4.79 Å². The Morgan fingerprint density at radius 2 is 1.82 bits per heavy atom. The molecule has 0 aliphatic heterocycles. The molecule has 0 unspecified atom stereocenters. The maximum atomic E-state index is 11.9. The topological polar surface area (TPSA) is 55.4 Å². The van der Waals surface area contributed by atoms with E-state index in [1.807, 2.05) is 0 Å². The fourth-order valence-electron chi connectivity index (χ4n) is 1.81. The molecule has 2 rings (SSSR count). The molecule has 1 N–H and O–H groups in total. The van der Waals surface area contributed by atoms with Crippen molar-refractivity contribution in [1.82, 2.24) is 0 Å². The third kappa shape index (κ3) is 4.48. The van der Waals surface area contributed by atoms with Crippen molar-refractivity contribution in [1.29, 1.82) is 0 Å². The molecule has 2 aromatic rings. The number of carbonyl (C=O) groups is 2. The van der Waals surface area contributed by atoms with E-state index < -0.39 is 0 Å². The standard InChI is InChI=1S/C16H13Cl2NO3/c1-10(20)14-8-12(18)5-6-15(14)22-9-16(21)19-13-4-2-3-11(17)7-13/h2-8H,9H2,1H3,(H,19,21). The van der Waals surface area contributed by atoms with Crippen LogP contribution in [0.4, 0.5) is 5.69 Å². The first kappa shape index (κ1) is 16.3. The predicted octanol–water partition coefficient (Wildman–Crippen LogP) is 4.21. The van der Waals surface area contributed by atoms with Gasteiger partial charge in [0.2, 0.25) is 0 Å². The zero-order valence-electron chi connectivity index (χ0n) is 11.7. The number of amides is 1. The van der Waals surface area contributed by atoms with E-state index in [1.54, 1.807) is 36.4 Å². The molecule has 0 aromatic heterocycles. The largest absolute Gasteiger partial charge is 0.483 e. The van der Waals surface area contributed by atoms with Crippen LogP contribution in [0.3, 0.4) is 0 Å². The van der Waals surface area contributed by atoms with E-state index in [0.29, 0.717) is 27.0 Å². The molecule has 22 heavy (non-hydrogen) atoms. The highest BCUT2D eigenvalue weighted by molar-refractivity contribution is 6.31. The molecular weight excluding hydrogens is 325 g/mol. The summed E-state index contributed by atoms with van der Waals surface area (Å²) in [5, 5.41) is 3.61. The first-order valence-electron chi connectivity index (χ1n) is 6.44. The van der Waals surface area contributed by atoms with Gasteiger partial charge in [-0.15, -0.1) is 0 Å². The summed E-state index contributed by atoms with van der Waals surface area (Å²) in [6, 6.07) is 11.4. The Morgan fingerprint density at radius 3 is 2.50 bits per heavy atom. The second-order valence-corrected chi connectivity index (χ2v) is 5.42. The second-order valence-electron chi connectivity index (χ2n) is 4.54. The van der Waals surface area contributed by atoms with Crippen LogP contribution >= 0.6 is 23.2 Å². The summed E-state index contributed by atoms with van der Waals surface area (Å²) in [6.45, 7) is 1.18. The van der Waals surface area contributed by atoms with Gasteiger partial charge in [0, 0.05) is 15.7 Å². The van der Waals surface area contributed by atoms with E-state index in [1.165, 1.54) is 13.0 Å². The fraction of sp³-hybridized carbons (Fsp3) is 0.125. The second kappa shape index (κ2) is 7.29. The van der Waals surface area contributed by atoms with Crippen LogP contribution in [0.15, 0.2) is 42.5 Å². The first-order chi connectivity index (χ1) is 10.5. The number of hydrogen-bond acceptors (Lipinski definition) is 3. The molecule has 6 heteroatoms. The maximum absolute atomic E-state index is 11.9. The molecule has 0 saturated carbocycles. The third-order valence-electron chi connectivity index (χ3n) is 2.79. The Balaban J connectivity index is 2.01. The normalized spacial score (nSPS) is 10.1. The van der Waals surface area contributed by atoms with Crippen molar-refractivity contribution < 1.29 is 14.3 Å². The average molecular weight is 338 g/mol. The Kier molecular flexibility index (Phi) is 5.41. The minimum absolute atomic E-state index is 0.187. The van der Waals surface area contributed by atoms with Gasteiger partial charge in [-0.2, -0.15) is 0 Å². The zero-order chi connectivity index (χ0) is 16.1. The van der Waals surface area contributed by atoms with Gasteiger partial charge in [-0.3, -0.25) is 9.59 Å². The number of Topliss-reactive ketones (excluding diaryl/α,β-unsaturated/α-hetero) is 1. The first-order valence-corrected chi connectivity index (χ1v) is 7.20. The van der Waals surface area contributed by atoms with Crippen molar-refractivity contribution in [2.75, 3.05) is 11.9 Å². The molecule has 0 saturated heterocycles. The molecule has 1 amide bonds. The molecule has 0 aliphatic rings. The third-order valence-corrected chi connectivity index (χ3v) is 3.26. The van der Waals surface area contributed by atoms with Gasteiger partial charge in [0.05, 0.1) is 5.56 Å². The number of hydrogen-bond donors (Lipinski definition) is 1. The van der Waals surface area contributed by atoms with Gasteiger partial charge in [0.1, 0.15) is 5.75 Å². The van der Waals surface area contributed by atoms with Crippen LogP contribution in [-0.4, -0.2) is 18.3 Å². The zero-order valence-corrected chi connectivity index (χ0v) is 13.2. The van der Waals surface area contributed by atoms with Crippen LogP contribution in [0.2, 0.25) is 10.0 Å². The monoisotopic (exact) mass is 337 g/mol. The molecule has 114 valence electrons. The van der Waals surface area contributed by atoms with Crippen LogP contribution in [0.1, 0.15) is 17.3 Å². The summed E-state index contributed by atoms with van der Waals surface area (Å²) in [5.74, 6) is -0.224. The highest BCUT2D eigenvalue weighted by atomic mass is 35.5. The molecule has 0 fully saturated rings. The molecule has 0 radical (unpaired) electrons. The number of nitrogens with one attached hydrogen (secondary N) is 1. The number of ketones is 1. The summed E-state index contributed by atoms with van der Waals surface area (Å²) >= 11 is 11.7. The van der Waals surface area contributed by atoms with Crippen LogP contribution in [0.5, 0.6) is 5.75 Å². The summed E-state index contributed by atoms with van der Waals surface area (Å²) in [6.07, 6.45) is 0. The highest BCUT2D eigenvalue weighted by Gasteiger charge is 2.11. The summed E-state index contributed by atoms with van der Waals surface area (Å²) in [7, 11) is 0. The Hall–Kier alpha value is -2.04. The number of rotatable bonds is 5. The minimum atomic E-state index is -0.355. The average Bonchev–Trinajstić information content (AvgIpc) is 2.45. The number of anilines is 1. The lowest BCUT2D eigenvalue weighted by Gasteiger charge is -2.10. The van der Waals surface area contributed by atoms with Crippen LogP contribution in [0, 0.1) is 0 Å². The van der Waals surface area contributed by atoms with Gasteiger partial charge < -0.3 is 10.1 Å². The maximum Gasteiger partial charge on any atom is 0.262 e. The molecule has 0 atom stereocenters. The molecule has 0 aliphatic carbocycles. The molecular formula is C16H13Cl2NO3. The summed E-state index contributed by atoms with van der Waals surface area (Å²) in [4.78, 5) is 23.4. The van der Waals surface area contributed by atoms with Gasteiger partial charge >= 0.3 is 0 Å². The number of carbonyl (C=O) groups excluding carboxylic acids is 2. The number of ether oxygens (including phenoxy) is 1. The SMILES string of the molecule is CC(=O)c1cc(Cl)ccc1OCC(=O)Nc1cccc(Cl)c1. The smallest absolute Gasteiger partial charge is 0.262 e. The van der Waals surface area contributed by atoms with Gasteiger partial charge in [-0.05, 0) is 43.3 Å². The van der Waals surface area contributed by atoms with E-state index in [4.69, 9.17) is 27.9 Å². The molecule has 0 spiro atoms. The van der Waals surface area contributed by atoms with E-state index in [2.05, 4.69) is 5.32 Å². The Labute approximate surface area is 138 Å². The van der Waals surface area contributed by atoms with Gasteiger partial charge in [0.15, 0.2) is 12.4 Å². The van der Waals surface area contributed by atoms with Crippen molar-refractivity contribution in [3.63, 3.8) is 0 Å². The summed E-state index contributed by atoms with van der Waals surface area (Å²) in [5.41, 5.74) is 0.909. The predicted molar refractivity (Wildman–Crippen MR) is 87.0 cm³/mol. The van der Waals surface area contributed by atoms with Crippen LogP contribution in [0.25, 0.3) is 0 Å². The lowest BCUT2D eigenvalue weighted by molar-refractivity contribution is -0.118. The van der Waals surface area contributed by atoms with Crippen molar-refractivity contribution in [2.24, 2.45) is 0 Å². The number of benzene rings is 2. The molecule has 2 aromatic carbocycles. The molecule has 4 nitrogen and oxygen atoms in total.